The third-order valence-corrected chi connectivity index (χ3v) is 3.22. The highest BCUT2D eigenvalue weighted by atomic mass is 14.3. The van der Waals surface area contributed by atoms with Crippen LogP contribution in [0.15, 0.2) is 11.6 Å². The predicted octanol–water partition coefficient (Wildman–Crippen LogP) is 3.68. The molecule has 1 fully saturated rings. The van der Waals surface area contributed by atoms with Gasteiger partial charge in [0.2, 0.25) is 0 Å². The standard InChI is InChI=1S/C11H18/c1-2-4-6-10-8-9-11(10)7-5-3-1/h6,11H,1-5,7-9H2/b10-6-. The molecule has 0 aromatic rings. The van der Waals surface area contributed by atoms with Crippen LogP contribution >= 0.6 is 0 Å². The SMILES string of the molecule is C1=C2/CCC2CCCCCC/1. The molecule has 0 N–H and O–H groups in total. The van der Waals surface area contributed by atoms with Crippen LogP contribution in [0.5, 0.6) is 0 Å². The molecule has 11 heavy (non-hydrogen) atoms. The lowest BCUT2D eigenvalue weighted by molar-refractivity contribution is 0.399. The molecule has 0 aromatic heterocycles. The summed E-state index contributed by atoms with van der Waals surface area (Å²) in [5.74, 6) is 1.02. The van der Waals surface area contributed by atoms with Crippen molar-refractivity contribution in [3.05, 3.63) is 11.6 Å². The van der Waals surface area contributed by atoms with Gasteiger partial charge >= 0.3 is 0 Å². The summed E-state index contributed by atoms with van der Waals surface area (Å²) in [5.41, 5.74) is 1.80. The highest BCUT2D eigenvalue weighted by molar-refractivity contribution is 5.15. The van der Waals surface area contributed by atoms with E-state index < -0.39 is 0 Å². The Hall–Kier alpha value is -0.260. The first-order chi connectivity index (χ1) is 5.47. The zero-order valence-corrected chi connectivity index (χ0v) is 7.31. The molecule has 0 heteroatoms. The Balaban J connectivity index is 1.93. The third-order valence-electron chi connectivity index (χ3n) is 3.22. The van der Waals surface area contributed by atoms with Crippen LogP contribution in [0.1, 0.15) is 51.4 Å². The minimum Gasteiger partial charge on any atom is -0.0851 e. The van der Waals surface area contributed by atoms with Crippen LogP contribution in [0.4, 0.5) is 0 Å². The molecule has 2 aliphatic rings. The minimum atomic E-state index is 1.02. The second-order valence-corrected chi connectivity index (χ2v) is 4.01. The maximum atomic E-state index is 2.53. The van der Waals surface area contributed by atoms with Crippen molar-refractivity contribution in [3.63, 3.8) is 0 Å². The summed E-state index contributed by atoms with van der Waals surface area (Å²) in [4.78, 5) is 0. The smallest absolute Gasteiger partial charge is 0.0200 e. The first-order valence-corrected chi connectivity index (χ1v) is 5.16. The molecule has 0 aliphatic heterocycles. The van der Waals surface area contributed by atoms with Crippen molar-refractivity contribution in [3.8, 4) is 0 Å². The van der Waals surface area contributed by atoms with Crippen molar-refractivity contribution >= 4 is 0 Å². The topological polar surface area (TPSA) is 0 Å². The molecular weight excluding hydrogens is 132 g/mol. The van der Waals surface area contributed by atoms with Gasteiger partial charge in [0.15, 0.2) is 0 Å². The van der Waals surface area contributed by atoms with Crippen LogP contribution in [-0.2, 0) is 0 Å². The molecular formula is C11H18. The lowest BCUT2D eigenvalue weighted by Gasteiger charge is -2.29. The summed E-state index contributed by atoms with van der Waals surface area (Å²) in [6.45, 7) is 0. The van der Waals surface area contributed by atoms with Crippen LogP contribution in [0.25, 0.3) is 0 Å². The molecule has 1 unspecified atom stereocenters. The van der Waals surface area contributed by atoms with Crippen molar-refractivity contribution in [2.45, 2.75) is 51.4 Å². The zero-order valence-electron chi connectivity index (χ0n) is 7.31. The molecule has 0 heterocycles. The largest absolute Gasteiger partial charge is 0.0851 e. The molecule has 0 saturated heterocycles. The Morgan fingerprint density at radius 2 is 1.91 bits per heavy atom. The quantitative estimate of drug-likeness (QED) is 0.462. The Kier molecular flexibility index (Phi) is 2.30. The van der Waals surface area contributed by atoms with Gasteiger partial charge in [-0.05, 0) is 38.0 Å². The monoisotopic (exact) mass is 150 g/mol. The second-order valence-electron chi connectivity index (χ2n) is 4.01. The van der Waals surface area contributed by atoms with Gasteiger partial charge in [-0.1, -0.05) is 30.9 Å². The van der Waals surface area contributed by atoms with E-state index in [1.807, 2.05) is 0 Å². The van der Waals surface area contributed by atoms with Crippen LogP contribution in [0.3, 0.4) is 0 Å². The molecule has 0 radical (unpaired) electrons. The summed E-state index contributed by atoms with van der Waals surface area (Å²) in [6.07, 6.45) is 14.2. The first-order valence-electron chi connectivity index (χ1n) is 5.16. The van der Waals surface area contributed by atoms with E-state index in [1.165, 1.54) is 51.4 Å². The highest BCUT2D eigenvalue weighted by Gasteiger charge is 2.23. The van der Waals surface area contributed by atoms with Crippen molar-refractivity contribution in [1.29, 1.82) is 0 Å². The molecule has 0 nitrogen and oxygen atoms in total. The fourth-order valence-electron chi connectivity index (χ4n) is 2.29. The maximum Gasteiger partial charge on any atom is -0.0200 e. The lowest BCUT2D eigenvalue weighted by atomic mass is 9.76. The van der Waals surface area contributed by atoms with E-state index >= 15 is 0 Å². The minimum absolute atomic E-state index is 1.02. The Morgan fingerprint density at radius 1 is 1.00 bits per heavy atom. The fourth-order valence-corrected chi connectivity index (χ4v) is 2.29. The average molecular weight is 150 g/mol. The second kappa shape index (κ2) is 3.42. The molecule has 62 valence electrons. The van der Waals surface area contributed by atoms with Gasteiger partial charge in [0, 0.05) is 0 Å². The number of fused-ring (bicyclic) bond motifs is 1. The van der Waals surface area contributed by atoms with Crippen LogP contribution in [-0.4, -0.2) is 0 Å². The summed E-state index contributed by atoms with van der Waals surface area (Å²) in [5, 5.41) is 0. The zero-order chi connectivity index (χ0) is 7.52. The van der Waals surface area contributed by atoms with Gasteiger partial charge in [-0.3, -0.25) is 0 Å². The van der Waals surface area contributed by atoms with Crippen molar-refractivity contribution in [2.75, 3.05) is 0 Å². The normalized spacial score (nSPS) is 36.7. The van der Waals surface area contributed by atoms with Crippen molar-refractivity contribution in [2.24, 2.45) is 5.92 Å². The average Bonchev–Trinajstić information content (AvgIpc) is 2.04. The lowest BCUT2D eigenvalue weighted by Crippen LogP contribution is -2.14. The molecule has 0 bridgehead atoms. The van der Waals surface area contributed by atoms with Crippen molar-refractivity contribution < 1.29 is 0 Å². The van der Waals surface area contributed by atoms with E-state index in [0.29, 0.717) is 0 Å². The van der Waals surface area contributed by atoms with E-state index in [4.69, 9.17) is 0 Å². The van der Waals surface area contributed by atoms with Gasteiger partial charge in [0.25, 0.3) is 0 Å². The summed E-state index contributed by atoms with van der Waals surface area (Å²) in [7, 11) is 0. The highest BCUT2D eigenvalue weighted by Crippen LogP contribution is 2.38. The predicted molar refractivity (Wildman–Crippen MR) is 48.5 cm³/mol. The van der Waals surface area contributed by atoms with E-state index in [9.17, 15) is 0 Å². The molecule has 1 atom stereocenters. The van der Waals surface area contributed by atoms with Gasteiger partial charge in [-0.2, -0.15) is 0 Å². The Bertz CT molecular complexity index is 155. The summed E-state index contributed by atoms with van der Waals surface area (Å²) >= 11 is 0. The maximum absolute atomic E-state index is 2.53. The number of rotatable bonds is 0. The molecule has 1 saturated carbocycles. The van der Waals surface area contributed by atoms with Gasteiger partial charge in [0.05, 0.1) is 0 Å². The molecule has 2 aliphatic carbocycles. The number of hydrogen-bond donors (Lipinski definition) is 0. The molecule has 2 rings (SSSR count). The number of allylic oxidation sites excluding steroid dienone is 2. The molecule has 0 spiro atoms. The van der Waals surface area contributed by atoms with Gasteiger partial charge in [0.1, 0.15) is 0 Å². The van der Waals surface area contributed by atoms with E-state index in [2.05, 4.69) is 6.08 Å². The molecule has 0 aromatic carbocycles. The van der Waals surface area contributed by atoms with Crippen molar-refractivity contribution in [1.82, 2.24) is 0 Å². The Labute approximate surface area is 69.7 Å². The van der Waals surface area contributed by atoms with Crippen LogP contribution < -0.4 is 0 Å². The van der Waals surface area contributed by atoms with Crippen LogP contribution in [0, 0.1) is 5.92 Å². The molecule has 0 amide bonds. The number of hydrogen-bond acceptors (Lipinski definition) is 0. The third kappa shape index (κ3) is 1.66. The van der Waals surface area contributed by atoms with Gasteiger partial charge in [-0.15, -0.1) is 0 Å². The fraction of sp³-hybridized carbons (Fsp3) is 0.818. The van der Waals surface area contributed by atoms with E-state index in [1.54, 1.807) is 5.57 Å². The van der Waals surface area contributed by atoms with E-state index in [0.717, 1.165) is 5.92 Å². The van der Waals surface area contributed by atoms with Gasteiger partial charge in [-0.25, -0.2) is 0 Å². The Morgan fingerprint density at radius 3 is 2.73 bits per heavy atom. The van der Waals surface area contributed by atoms with E-state index in [-0.39, 0.29) is 0 Å². The van der Waals surface area contributed by atoms with Crippen LogP contribution in [0.2, 0.25) is 0 Å². The summed E-state index contributed by atoms with van der Waals surface area (Å²) < 4.78 is 0. The first kappa shape index (κ1) is 7.39. The van der Waals surface area contributed by atoms with Gasteiger partial charge < -0.3 is 0 Å². The summed E-state index contributed by atoms with van der Waals surface area (Å²) in [6, 6.07) is 0.